The number of carbonyl (C=O) groups excluding carboxylic acids is 2. The first-order valence-electron chi connectivity index (χ1n) is 11.4. The molecule has 2 aliphatic rings. The van der Waals surface area contributed by atoms with Crippen LogP contribution in [-0.4, -0.2) is 54.3 Å². The summed E-state index contributed by atoms with van der Waals surface area (Å²) in [4.78, 5) is 32.2. The fraction of sp³-hybridized carbons (Fsp3) is 0.458. The zero-order chi connectivity index (χ0) is 22.5. The predicted octanol–water partition coefficient (Wildman–Crippen LogP) is 4.33. The highest BCUT2D eigenvalue weighted by molar-refractivity contribution is 6.31. The van der Waals surface area contributed by atoms with Crippen molar-refractivity contribution in [2.45, 2.75) is 32.6 Å². The number of Topliss-reactive ketones (excluding diaryl/α,β-unsaturated/α-hetero) is 1. The molecule has 1 aromatic carbocycles. The summed E-state index contributed by atoms with van der Waals surface area (Å²) in [6.07, 6.45) is 4.76. The molecule has 0 unspecified atom stereocenters. The van der Waals surface area contributed by atoms with E-state index in [1.807, 2.05) is 0 Å². The van der Waals surface area contributed by atoms with Gasteiger partial charge in [-0.25, -0.2) is 4.98 Å². The Bertz CT molecular complexity index is 988. The molecule has 0 radical (unpaired) electrons. The molecule has 0 atom stereocenters. The van der Waals surface area contributed by atoms with Crippen LogP contribution in [0.1, 0.15) is 53.5 Å². The second-order valence-corrected chi connectivity index (χ2v) is 8.94. The van der Waals surface area contributed by atoms with Gasteiger partial charge in [0.15, 0.2) is 11.6 Å². The van der Waals surface area contributed by atoms with Crippen molar-refractivity contribution < 1.29 is 9.59 Å². The van der Waals surface area contributed by atoms with Crippen molar-refractivity contribution in [3.63, 3.8) is 0 Å². The Hall–Kier alpha value is -2.48. The normalized spacial score (nSPS) is 16.5. The first kappa shape index (κ1) is 22.7. The van der Waals surface area contributed by atoms with Crippen LogP contribution in [0.5, 0.6) is 0 Å². The number of hydrogen-bond donors (Lipinski definition) is 3. The number of ketones is 1. The Morgan fingerprint density at radius 1 is 1.19 bits per heavy atom. The maximum Gasteiger partial charge on any atom is 0.257 e. The Labute approximate surface area is 193 Å². The number of nitrogens with zero attached hydrogens (tertiary/aromatic N) is 2. The Balaban J connectivity index is 1.36. The van der Waals surface area contributed by atoms with E-state index in [-0.39, 0.29) is 11.7 Å². The summed E-state index contributed by atoms with van der Waals surface area (Å²) in [6.45, 7) is 6.52. The molecular formula is C24H30ClN5O2. The second kappa shape index (κ2) is 10.4. The van der Waals surface area contributed by atoms with Crippen molar-refractivity contribution in [1.82, 2.24) is 15.2 Å². The largest absolute Gasteiger partial charge is 0.338 e. The first-order chi connectivity index (χ1) is 15.5. The SMILES string of the molecule is CCNCCCC1CCN(CC(=O)c2ccc3c(n2)Nc2ccc(Cl)cc2C(=O)N3)CC1. The van der Waals surface area contributed by atoms with E-state index in [9.17, 15) is 9.59 Å². The molecule has 0 saturated carbocycles. The number of fused-ring (bicyclic) bond motifs is 2. The van der Waals surface area contributed by atoms with Gasteiger partial charge in [-0.05, 0) is 88.1 Å². The highest BCUT2D eigenvalue weighted by atomic mass is 35.5. The van der Waals surface area contributed by atoms with E-state index in [0.29, 0.717) is 40.0 Å². The molecular weight excluding hydrogens is 426 g/mol. The fourth-order valence-electron chi connectivity index (χ4n) is 4.35. The van der Waals surface area contributed by atoms with Gasteiger partial charge in [-0.15, -0.1) is 0 Å². The summed E-state index contributed by atoms with van der Waals surface area (Å²) < 4.78 is 0. The molecule has 1 saturated heterocycles. The van der Waals surface area contributed by atoms with Crippen LogP contribution >= 0.6 is 11.6 Å². The summed E-state index contributed by atoms with van der Waals surface area (Å²) in [5.41, 5.74) is 1.99. The number of hydrogen-bond acceptors (Lipinski definition) is 6. The molecule has 8 heteroatoms. The number of pyridine rings is 1. The minimum absolute atomic E-state index is 0.00732. The van der Waals surface area contributed by atoms with Crippen LogP contribution in [0.2, 0.25) is 5.02 Å². The van der Waals surface area contributed by atoms with E-state index in [2.05, 4.69) is 32.8 Å². The average molecular weight is 456 g/mol. The molecule has 32 heavy (non-hydrogen) atoms. The number of likely N-dealkylation sites (tertiary alicyclic amines) is 1. The van der Waals surface area contributed by atoms with Crippen molar-refractivity contribution in [2.75, 3.05) is 43.4 Å². The highest BCUT2D eigenvalue weighted by Crippen LogP contribution is 2.32. The van der Waals surface area contributed by atoms with Gasteiger partial charge in [0.1, 0.15) is 5.69 Å². The van der Waals surface area contributed by atoms with Crippen molar-refractivity contribution in [3.8, 4) is 0 Å². The number of amides is 1. The smallest absolute Gasteiger partial charge is 0.257 e. The number of halogens is 1. The molecule has 1 amide bonds. The minimum Gasteiger partial charge on any atom is -0.338 e. The van der Waals surface area contributed by atoms with Gasteiger partial charge in [-0.3, -0.25) is 14.5 Å². The lowest BCUT2D eigenvalue weighted by Crippen LogP contribution is -2.37. The first-order valence-corrected chi connectivity index (χ1v) is 11.8. The summed E-state index contributed by atoms with van der Waals surface area (Å²) in [7, 11) is 0. The molecule has 2 aliphatic heterocycles. The number of aromatic nitrogens is 1. The van der Waals surface area contributed by atoms with Gasteiger partial charge in [0.2, 0.25) is 0 Å². The van der Waals surface area contributed by atoms with Crippen LogP contribution in [0.15, 0.2) is 30.3 Å². The molecule has 170 valence electrons. The zero-order valence-electron chi connectivity index (χ0n) is 18.4. The number of carbonyl (C=O) groups is 2. The third kappa shape index (κ3) is 5.46. The van der Waals surface area contributed by atoms with Gasteiger partial charge in [0.25, 0.3) is 5.91 Å². The highest BCUT2D eigenvalue weighted by Gasteiger charge is 2.24. The van der Waals surface area contributed by atoms with Crippen LogP contribution in [0.3, 0.4) is 0 Å². The summed E-state index contributed by atoms with van der Waals surface area (Å²) in [5, 5.41) is 9.87. The topological polar surface area (TPSA) is 86.4 Å². The lowest BCUT2D eigenvalue weighted by atomic mass is 9.92. The lowest BCUT2D eigenvalue weighted by Gasteiger charge is -2.31. The number of nitrogens with one attached hydrogen (secondary N) is 3. The molecule has 3 heterocycles. The second-order valence-electron chi connectivity index (χ2n) is 8.50. The van der Waals surface area contributed by atoms with E-state index in [0.717, 1.165) is 44.9 Å². The van der Waals surface area contributed by atoms with Crippen LogP contribution in [0, 0.1) is 5.92 Å². The standard InChI is InChI=1S/C24H30ClN5O2/c1-2-26-11-3-4-16-9-12-30(13-10-16)15-22(31)20-7-8-21-23(28-20)27-19-6-5-17(25)14-18(19)24(32)29-21/h5-8,14,16,26H,2-4,9-13,15H2,1H3,(H,27,28)(H,29,32). The van der Waals surface area contributed by atoms with Gasteiger partial charge in [0, 0.05) is 5.02 Å². The van der Waals surface area contributed by atoms with Crippen molar-refractivity contribution >= 4 is 40.5 Å². The summed E-state index contributed by atoms with van der Waals surface area (Å²) in [5.74, 6) is 0.951. The van der Waals surface area contributed by atoms with Gasteiger partial charge in [-0.2, -0.15) is 0 Å². The van der Waals surface area contributed by atoms with E-state index in [4.69, 9.17) is 11.6 Å². The number of benzene rings is 1. The molecule has 3 N–H and O–H groups in total. The molecule has 1 fully saturated rings. The van der Waals surface area contributed by atoms with Crippen LogP contribution in [0.25, 0.3) is 0 Å². The van der Waals surface area contributed by atoms with E-state index in [1.54, 1.807) is 30.3 Å². The Morgan fingerprint density at radius 3 is 2.75 bits per heavy atom. The third-order valence-corrected chi connectivity index (χ3v) is 6.43. The fourth-order valence-corrected chi connectivity index (χ4v) is 4.52. The molecule has 7 nitrogen and oxygen atoms in total. The van der Waals surface area contributed by atoms with Crippen LogP contribution in [0.4, 0.5) is 17.2 Å². The number of anilines is 3. The lowest BCUT2D eigenvalue weighted by molar-refractivity contribution is 0.0887. The van der Waals surface area contributed by atoms with Gasteiger partial charge < -0.3 is 16.0 Å². The monoisotopic (exact) mass is 455 g/mol. The Kier molecular flexibility index (Phi) is 7.40. The number of piperidine rings is 1. The Morgan fingerprint density at radius 2 is 1.97 bits per heavy atom. The maximum atomic E-state index is 12.9. The van der Waals surface area contributed by atoms with Crippen LogP contribution in [-0.2, 0) is 0 Å². The maximum absolute atomic E-state index is 12.9. The molecule has 4 rings (SSSR count). The van der Waals surface area contributed by atoms with Gasteiger partial charge >= 0.3 is 0 Å². The molecule has 0 bridgehead atoms. The zero-order valence-corrected chi connectivity index (χ0v) is 19.2. The molecule has 2 aromatic rings. The quantitative estimate of drug-likeness (QED) is 0.405. The van der Waals surface area contributed by atoms with Crippen LogP contribution < -0.4 is 16.0 Å². The molecule has 0 aliphatic carbocycles. The van der Waals surface area contributed by atoms with Gasteiger partial charge in [0.05, 0.1) is 23.5 Å². The van der Waals surface area contributed by atoms with E-state index >= 15 is 0 Å². The van der Waals surface area contributed by atoms with Crippen molar-refractivity contribution in [3.05, 3.63) is 46.6 Å². The minimum atomic E-state index is -0.261. The summed E-state index contributed by atoms with van der Waals surface area (Å²) in [6, 6.07) is 8.47. The molecule has 1 aromatic heterocycles. The third-order valence-electron chi connectivity index (χ3n) is 6.20. The van der Waals surface area contributed by atoms with E-state index in [1.165, 1.54) is 12.8 Å². The van der Waals surface area contributed by atoms with Crippen molar-refractivity contribution in [2.24, 2.45) is 5.92 Å². The predicted molar refractivity (Wildman–Crippen MR) is 128 cm³/mol. The van der Waals surface area contributed by atoms with Gasteiger partial charge in [-0.1, -0.05) is 18.5 Å². The number of rotatable bonds is 8. The van der Waals surface area contributed by atoms with Crippen molar-refractivity contribution in [1.29, 1.82) is 0 Å². The van der Waals surface area contributed by atoms with E-state index < -0.39 is 0 Å². The average Bonchev–Trinajstić information content (AvgIpc) is 2.93. The summed E-state index contributed by atoms with van der Waals surface area (Å²) >= 11 is 6.04. The molecule has 0 spiro atoms.